The van der Waals surface area contributed by atoms with Gasteiger partial charge in [-0.25, -0.2) is 4.79 Å². The van der Waals surface area contributed by atoms with E-state index in [1.165, 1.54) is 7.11 Å². The SMILES string of the molecule is COC(=O)C1=C/C=C/C=C\C(CCl)=C1. The average Bonchev–Trinajstić information content (AvgIpc) is 2.17. The van der Waals surface area contributed by atoms with Crippen molar-refractivity contribution in [2.75, 3.05) is 13.0 Å². The first kappa shape index (κ1) is 10.8. The third-order valence-corrected chi connectivity index (χ3v) is 2.03. The second kappa shape index (κ2) is 5.45. The van der Waals surface area contributed by atoms with Gasteiger partial charge in [-0.15, -0.1) is 11.6 Å². The molecule has 0 N–H and O–H groups in total. The molecule has 0 fully saturated rings. The Labute approximate surface area is 88.2 Å². The van der Waals surface area contributed by atoms with Crippen LogP contribution < -0.4 is 0 Å². The van der Waals surface area contributed by atoms with Crippen molar-refractivity contribution in [3.63, 3.8) is 0 Å². The lowest BCUT2D eigenvalue weighted by atomic mass is 10.1. The summed E-state index contributed by atoms with van der Waals surface area (Å²) in [5.74, 6) is 0.0196. The summed E-state index contributed by atoms with van der Waals surface area (Å²) in [6.45, 7) is 0. The van der Waals surface area contributed by atoms with Crippen molar-refractivity contribution in [3.8, 4) is 0 Å². The van der Waals surface area contributed by atoms with E-state index < -0.39 is 0 Å². The monoisotopic (exact) mass is 210 g/mol. The van der Waals surface area contributed by atoms with Crippen LogP contribution >= 0.6 is 11.6 Å². The number of carbonyl (C=O) groups excluding carboxylic acids is 1. The minimum absolute atomic E-state index is 0.354. The smallest absolute Gasteiger partial charge is 0.337 e. The molecule has 0 unspecified atom stereocenters. The molecular weight excluding hydrogens is 200 g/mol. The van der Waals surface area contributed by atoms with Gasteiger partial charge in [0, 0.05) is 5.88 Å². The molecule has 0 saturated heterocycles. The van der Waals surface area contributed by atoms with Crippen molar-refractivity contribution in [3.05, 3.63) is 47.6 Å². The van der Waals surface area contributed by atoms with Gasteiger partial charge in [0.15, 0.2) is 0 Å². The molecule has 0 aliphatic heterocycles. The van der Waals surface area contributed by atoms with Gasteiger partial charge >= 0.3 is 5.97 Å². The number of esters is 1. The van der Waals surface area contributed by atoms with Crippen LogP contribution in [0.15, 0.2) is 47.6 Å². The predicted molar refractivity (Wildman–Crippen MR) is 57.2 cm³/mol. The fraction of sp³-hybridized carbons (Fsp3) is 0.182. The van der Waals surface area contributed by atoms with Crippen LogP contribution in [0.5, 0.6) is 0 Å². The average molecular weight is 211 g/mol. The van der Waals surface area contributed by atoms with E-state index in [2.05, 4.69) is 4.74 Å². The Kier molecular flexibility index (Phi) is 4.20. The van der Waals surface area contributed by atoms with Crippen LogP contribution in [0.4, 0.5) is 0 Å². The molecule has 0 atom stereocenters. The summed E-state index contributed by atoms with van der Waals surface area (Å²) >= 11 is 5.70. The van der Waals surface area contributed by atoms with E-state index in [4.69, 9.17) is 11.6 Å². The van der Waals surface area contributed by atoms with Crippen LogP contribution in [0.25, 0.3) is 0 Å². The molecular formula is C11H11ClO2. The molecule has 0 aromatic carbocycles. The molecule has 3 heteroatoms. The molecule has 2 nitrogen and oxygen atoms in total. The molecule has 0 heterocycles. The first-order valence-electron chi connectivity index (χ1n) is 4.18. The van der Waals surface area contributed by atoms with Crippen molar-refractivity contribution in [2.24, 2.45) is 0 Å². The zero-order valence-electron chi connectivity index (χ0n) is 7.87. The summed E-state index contributed by atoms with van der Waals surface area (Å²) in [5, 5.41) is 0. The fourth-order valence-electron chi connectivity index (χ4n) is 1.03. The van der Waals surface area contributed by atoms with Gasteiger partial charge in [-0.1, -0.05) is 24.3 Å². The van der Waals surface area contributed by atoms with Gasteiger partial charge in [0.1, 0.15) is 0 Å². The molecule has 1 rings (SSSR count). The lowest BCUT2D eigenvalue weighted by Crippen LogP contribution is -2.03. The number of hydrogen-bond donors (Lipinski definition) is 0. The van der Waals surface area contributed by atoms with Gasteiger partial charge < -0.3 is 4.74 Å². The summed E-state index contributed by atoms with van der Waals surface area (Å²) in [5.41, 5.74) is 1.39. The Bertz CT molecular complexity index is 335. The molecule has 74 valence electrons. The number of allylic oxidation sites excluding steroid dienone is 6. The number of carbonyl (C=O) groups is 1. The van der Waals surface area contributed by atoms with Gasteiger partial charge in [-0.2, -0.15) is 0 Å². The van der Waals surface area contributed by atoms with Crippen molar-refractivity contribution < 1.29 is 9.53 Å². The second-order valence-corrected chi connectivity index (χ2v) is 2.98. The van der Waals surface area contributed by atoms with E-state index in [0.29, 0.717) is 11.5 Å². The van der Waals surface area contributed by atoms with Crippen LogP contribution in [0, 0.1) is 0 Å². The molecule has 0 amide bonds. The highest BCUT2D eigenvalue weighted by Crippen LogP contribution is 2.10. The van der Waals surface area contributed by atoms with Crippen molar-refractivity contribution in [1.29, 1.82) is 0 Å². The standard InChI is InChI=1S/C11H11ClO2/c1-14-11(13)10-6-4-2-3-5-9(7-10)8-12/h2-7H,8H2,1H3/b3-2?,4-2+,5-3-,6-4?,9-5?,9-7?,10-6?,10-7?. The zero-order chi connectivity index (χ0) is 10.4. The lowest BCUT2D eigenvalue weighted by Gasteiger charge is -2.02. The van der Waals surface area contributed by atoms with E-state index in [1.807, 2.05) is 18.2 Å². The first-order valence-corrected chi connectivity index (χ1v) is 4.71. The van der Waals surface area contributed by atoms with Gasteiger partial charge in [0.25, 0.3) is 0 Å². The molecule has 1 aliphatic rings. The van der Waals surface area contributed by atoms with Crippen LogP contribution in [0.1, 0.15) is 0 Å². The summed E-state index contributed by atoms with van der Waals surface area (Å²) in [7, 11) is 1.36. The maximum absolute atomic E-state index is 11.3. The lowest BCUT2D eigenvalue weighted by molar-refractivity contribution is -0.135. The Morgan fingerprint density at radius 3 is 2.86 bits per heavy atom. The second-order valence-electron chi connectivity index (χ2n) is 2.71. The number of ether oxygens (including phenoxy) is 1. The topological polar surface area (TPSA) is 26.3 Å². The molecule has 0 bridgehead atoms. The minimum Gasteiger partial charge on any atom is -0.465 e. The number of halogens is 1. The van der Waals surface area contributed by atoms with Crippen LogP contribution in [0.2, 0.25) is 0 Å². The highest BCUT2D eigenvalue weighted by molar-refractivity contribution is 6.19. The van der Waals surface area contributed by atoms with Gasteiger partial charge in [-0.05, 0) is 17.7 Å². The third-order valence-electron chi connectivity index (χ3n) is 1.72. The number of hydrogen-bond acceptors (Lipinski definition) is 2. The molecule has 0 aromatic rings. The Morgan fingerprint density at radius 2 is 2.21 bits per heavy atom. The number of alkyl halides is 1. The van der Waals surface area contributed by atoms with Crippen LogP contribution in [-0.2, 0) is 9.53 Å². The zero-order valence-corrected chi connectivity index (χ0v) is 8.62. The Morgan fingerprint density at radius 1 is 1.43 bits per heavy atom. The van der Waals surface area contributed by atoms with Gasteiger partial charge in [0.05, 0.1) is 12.7 Å². The van der Waals surface area contributed by atoms with Crippen molar-refractivity contribution >= 4 is 17.6 Å². The minimum atomic E-state index is -0.354. The van der Waals surface area contributed by atoms with E-state index >= 15 is 0 Å². The maximum atomic E-state index is 11.3. The van der Waals surface area contributed by atoms with Crippen molar-refractivity contribution in [1.82, 2.24) is 0 Å². The third kappa shape index (κ3) is 2.89. The highest BCUT2D eigenvalue weighted by atomic mass is 35.5. The van der Waals surface area contributed by atoms with Gasteiger partial charge in [-0.3, -0.25) is 0 Å². The summed E-state index contributed by atoms with van der Waals surface area (Å²) in [6, 6.07) is 0. The summed E-state index contributed by atoms with van der Waals surface area (Å²) < 4.78 is 4.63. The Balaban J connectivity index is 2.97. The summed E-state index contributed by atoms with van der Waals surface area (Å²) in [6.07, 6.45) is 10.8. The first-order chi connectivity index (χ1) is 6.77. The normalized spacial score (nSPS) is 19.9. The quantitative estimate of drug-likeness (QED) is 0.517. The van der Waals surface area contributed by atoms with Crippen LogP contribution in [-0.4, -0.2) is 19.0 Å². The molecule has 1 aliphatic carbocycles. The van der Waals surface area contributed by atoms with E-state index in [-0.39, 0.29) is 5.97 Å². The molecule has 0 aromatic heterocycles. The highest BCUT2D eigenvalue weighted by Gasteiger charge is 2.06. The molecule has 0 saturated carbocycles. The van der Waals surface area contributed by atoms with E-state index in [9.17, 15) is 4.79 Å². The molecule has 0 spiro atoms. The number of rotatable bonds is 2. The van der Waals surface area contributed by atoms with E-state index in [0.717, 1.165) is 5.57 Å². The predicted octanol–water partition coefficient (Wildman–Crippen LogP) is 2.38. The fourth-order valence-corrected chi connectivity index (χ4v) is 1.19. The van der Waals surface area contributed by atoms with E-state index in [1.54, 1.807) is 18.2 Å². The largest absolute Gasteiger partial charge is 0.465 e. The summed E-state index contributed by atoms with van der Waals surface area (Å²) in [4.78, 5) is 11.3. The number of methoxy groups -OCH3 is 1. The maximum Gasteiger partial charge on any atom is 0.337 e. The van der Waals surface area contributed by atoms with Crippen molar-refractivity contribution in [2.45, 2.75) is 0 Å². The molecule has 14 heavy (non-hydrogen) atoms. The van der Waals surface area contributed by atoms with Crippen LogP contribution in [0.3, 0.4) is 0 Å². The Hall–Kier alpha value is -1.28. The van der Waals surface area contributed by atoms with Gasteiger partial charge in [0.2, 0.25) is 0 Å². The molecule has 0 radical (unpaired) electrons.